The predicted octanol–water partition coefficient (Wildman–Crippen LogP) is 3.12. The standard InChI is InChI=1S/C21H30N2O3/c1-15-16-12-18-19(26-11-10-25-18)13-17(16)21(7-4-5-8-21)14-23(15)9-6-20(24)22(2)3/h12-13,15H,4-11,14H2,1-3H3. The maximum Gasteiger partial charge on any atom is 0.223 e. The molecule has 1 aromatic carbocycles. The van der Waals surface area contributed by atoms with Crippen molar-refractivity contribution in [2.75, 3.05) is 40.4 Å². The number of ether oxygens (including phenoxy) is 2. The highest BCUT2D eigenvalue weighted by atomic mass is 16.6. The van der Waals surface area contributed by atoms with Crippen LogP contribution in [0.4, 0.5) is 0 Å². The maximum absolute atomic E-state index is 12.1. The van der Waals surface area contributed by atoms with Crippen molar-refractivity contribution in [1.82, 2.24) is 9.80 Å². The normalized spacial score (nSPS) is 23.7. The molecule has 1 aromatic rings. The van der Waals surface area contributed by atoms with E-state index in [4.69, 9.17) is 9.47 Å². The summed E-state index contributed by atoms with van der Waals surface area (Å²) in [7, 11) is 3.67. The van der Waals surface area contributed by atoms with Gasteiger partial charge in [0.2, 0.25) is 5.91 Å². The van der Waals surface area contributed by atoms with E-state index in [9.17, 15) is 4.79 Å². The molecule has 0 bridgehead atoms. The average Bonchev–Trinajstić information content (AvgIpc) is 3.11. The largest absolute Gasteiger partial charge is 0.486 e. The van der Waals surface area contributed by atoms with Crippen molar-refractivity contribution in [3.05, 3.63) is 23.3 Å². The molecule has 0 saturated heterocycles. The molecule has 0 radical (unpaired) electrons. The van der Waals surface area contributed by atoms with Gasteiger partial charge >= 0.3 is 0 Å². The highest BCUT2D eigenvalue weighted by Crippen LogP contribution is 2.51. The quantitative estimate of drug-likeness (QED) is 0.833. The van der Waals surface area contributed by atoms with E-state index in [1.807, 2.05) is 14.1 Å². The van der Waals surface area contributed by atoms with Crippen molar-refractivity contribution >= 4 is 5.91 Å². The Morgan fingerprint density at radius 2 is 1.85 bits per heavy atom. The zero-order chi connectivity index (χ0) is 18.3. The van der Waals surface area contributed by atoms with Crippen LogP contribution >= 0.6 is 0 Å². The highest BCUT2D eigenvalue weighted by Gasteiger charge is 2.44. The molecule has 26 heavy (non-hydrogen) atoms. The summed E-state index contributed by atoms with van der Waals surface area (Å²) in [5.41, 5.74) is 3.03. The molecule has 0 N–H and O–H groups in total. The lowest BCUT2D eigenvalue weighted by Crippen LogP contribution is -2.47. The van der Waals surface area contributed by atoms with Crippen LogP contribution in [0, 0.1) is 0 Å². The van der Waals surface area contributed by atoms with Gasteiger partial charge in [0, 0.05) is 45.1 Å². The Labute approximate surface area is 156 Å². The van der Waals surface area contributed by atoms with Crippen LogP contribution in [0.2, 0.25) is 0 Å². The minimum atomic E-state index is 0.200. The molecule has 1 atom stereocenters. The van der Waals surface area contributed by atoms with Crippen molar-refractivity contribution < 1.29 is 14.3 Å². The minimum absolute atomic E-state index is 0.200. The van der Waals surface area contributed by atoms with E-state index in [0.29, 0.717) is 25.7 Å². The molecule has 1 fully saturated rings. The molecular formula is C21H30N2O3. The van der Waals surface area contributed by atoms with Crippen LogP contribution in [0.1, 0.15) is 56.2 Å². The van der Waals surface area contributed by atoms with Gasteiger partial charge in [0.25, 0.3) is 0 Å². The number of amides is 1. The molecule has 1 unspecified atom stereocenters. The molecule has 1 saturated carbocycles. The van der Waals surface area contributed by atoms with Crippen molar-refractivity contribution in [3.8, 4) is 11.5 Å². The van der Waals surface area contributed by atoms with Gasteiger partial charge in [-0.3, -0.25) is 9.69 Å². The summed E-state index contributed by atoms with van der Waals surface area (Å²) in [6.45, 7) is 5.37. The number of nitrogens with zero attached hydrogens (tertiary/aromatic N) is 2. The second-order valence-electron chi connectivity index (χ2n) is 8.26. The fraction of sp³-hybridized carbons (Fsp3) is 0.667. The monoisotopic (exact) mass is 358 g/mol. The summed E-state index contributed by atoms with van der Waals surface area (Å²) >= 11 is 0. The Morgan fingerprint density at radius 3 is 2.50 bits per heavy atom. The summed E-state index contributed by atoms with van der Waals surface area (Å²) in [6, 6.07) is 4.75. The number of rotatable bonds is 3. The molecule has 142 valence electrons. The number of carbonyl (C=O) groups is 1. The van der Waals surface area contributed by atoms with Gasteiger partial charge in [0.05, 0.1) is 0 Å². The molecule has 1 amide bonds. The Bertz CT molecular complexity index is 695. The lowest BCUT2D eigenvalue weighted by Gasteiger charge is -2.46. The molecular weight excluding hydrogens is 328 g/mol. The number of carbonyl (C=O) groups excluding carboxylic acids is 1. The molecule has 3 aliphatic rings. The van der Waals surface area contributed by atoms with Crippen molar-refractivity contribution in [2.45, 2.75) is 50.5 Å². The number of hydrogen-bond acceptors (Lipinski definition) is 4. The van der Waals surface area contributed by atoms with E-state index < -0.39 is 0 Å². The zero-order valence-corrected chi connectivity index (χ0v) is 16.2. The second-order valence-corrected chi connectivity index (χ2v) is 8.26. The first-order chi connectivity index (χ1) is 12.5. The van der Waals surface area contributed by atoms with Crippen molar-refractivity contribution in [2.24, 2.45) is 0 Å². The van der Waals surface area contributed by atoms with E-state index in [2.05, 4.69) is 24.0 Å². The lowest BCUT2D eigenvalue weighted by molar-refractivity contribution is -0.129. The maximum atomic E-state index is 12.1. The fourth-order valence-corrected chi connectivity index (χ4v) is 4.93. The highest BCUT2D eigenvalue weighted by molar-refractivity contribution is 5.75. The molecule has 2 heterocycles. The Kier molecular flexibility index (Phi) is 4.59. The van der Waals surface area contributed by atoms with Gasteiger partial charge in [-0.2, -0.15) is 0 Å². The van der Waals surface area contributed by atoms with Crippen LogP contribution in [0.3, 0.4) is 0 Å². The Balaban J connectivity index is 1.67. The SMILES string of the molecule is CC1c2cc3c(cc2C2(CCCC2)CN1CCC(=O)N(C)C)OCCO3. The van der Waals surface area contributed by atoms with E-state index in [0.717, 1.165) is 24.6 Å². The summed E-state index contributed by atoms with van der Waals surface area (Å²) < 4.78 is 11.7. The summed E-state index contributed by atoms with van der Waals surface area (Å²) in [6.07, 6.45) is 5.60. The third-order valence-corrected chi connectivity index (χ3v) is 6.46. The average molecular weight is 358 g/mol. The van der Waals surface area contributed by atoms with Crippen molar-refractivity contribution in [3.63, 3.8) is 0 Å². The minimum Gasteiger partial charge on any atom is -0.486 e. The van der Waals surface area contributed by atoms with Gasteiger partial charge in [-0.1, -0.05) is 12.8 Å². The van der Waals surface area contributed by atoms with Crippen LogP contribution in [0.5, 0.6) is 11.5 Å². The molecule has 5 heteroatoms. The van der Waals surface area contributed by atoms with Crippen molar-refractivity contribution in [1.29, 1.82) is 0 Å². The van der Waals surface area contributed by atoms with Crippen LogP contribution < -0.4 is 9.47 Å². The van der Waals surface area contributed by atoms with Crippen LogP contribution in [-0.4, -0.2) is 56.1 Å². The van der Waals surface area contributed by atoms with E-state index in [1.54, 1.807) is 4.90 Å². The summed E-state index contributed by atoms with van der Waals surface area (Å²) in [4.78, 5) is 16.3. The summed E-state index contributed by atoms with van der Waals surface area (Å²) in [5, 5.41) is 0. The van der Waals surface area contributed by atoms with Gasteiger partial charge in [-0.25, -0.2) is 0 Å². The first kappa shape index (κ1) is 17.7. The predicted molar refractivity (Wildman–Crippen MR) is 101 cm³/mol. The molecule has 4 rings (SSSR count). The van der Waals surface area contributed by atoms with Gasteiger partial charge in [0.1, 0.15) is 13.2 Å². The second kappa shape index (κ2) is 6.76. The molecule has 5 nitrogen and oxygen atoms in total. The molecule has 2 aliphatic heterocycles. The van der Waals surface area contributed by atoms with Gasteiger partial charge in [0.15, 0.2) is 11.5 Å². The fourth-order valence-electron chi connectivity index (χ4n) is 4.93. The van der Waals surface area contributed by atoms with Gasteiger partial charge < -0.3 is 14.4 Å². The summed E-state index contributed by atoms with van der Waals surface area (Å²) in [5.74, 6) is 1.98. The number of fused-ring (bicyclic) bond motifs is 3. The number of hydrogen-bond donors (Lipinski definition) is 0. The third kappa shape index (κ3) is 2.96. The lowest BCUT2D eigenvalue weighted by atomic mass is 9.71. The van der Waals surface area contributed by atoms with Crippen LogP contribution in [0.25, 0.3) is 0 Å². The van der Waals surface area contributed by atoms with Crippen LogP contribution in [0.15, 0.2) is 12.1 Å². The van der Waals surface area contributed by atoms with Crippen LogP contribution in [-0.2, 0) is 10.2 Å². The third-order valence-electron chi connectivity index (χ3n) is 6.46. The van der Waals surface area contributed by atoms with Gasteiger partial charge in [-0.15, -0.1) is 0 Å². The Hall–Kier alpha value is -1.75. The first-order valence-electron chi connectivity index (χ1n) is 9.88. The van der Waals surface area contributed by atoms with E-state index in [1.165, 1.54) is 36.8 Å². The topological polar surface area (TPSA) is 42.0 Å². The molecule has 1 spiro atoms. The molecule has 0 aromatic heterocycles. The number of benzene rings is 1. The first-order valence-corrected chi connectivity index (χ1v) is 9.88. The smallest absolute Gasteiger partial charge is 0.223 e. The van der Waals surface area contributed by atoms with Gasteiger partial charge in [-0.05, 0) is 43.0 Å². The zero-order valence-electron chi connectivity index (χ0n) is 16.2. The molecule has 1 aliphatic carbocycles. The Morgan fingerprint density at radius 1 is 1.19 bits per heavy atom. The van der Waals surface area contributed by atoms with E-state index >= 15 is 0 Å². The van der Waals surface area contributed by atoms with E-state index in [-0.39, 0.29) is 11.3 Å².